The Kier molecular flexibility index (Phi) is 4.31. The molecule has 3 aliphatic rings. The smallest absolute Gasteiger partial charge is 0.231 e. The van der Waals surface area contributed by atoms with E-state index in [2.05, 4.69) is 22.3 Å². The number of nitrogens with zero attached hydrogens (tertiary/aromatic N) is 1. The summed E-state index contributed by atoms with van der Waals surface area (Å²) >= 11 is 0. The fourth-order valence-electron chi connectivity index (χ4n) is 3.48. The molecule has 1 saturated carbocycles. The number of piperidine rings is 1. The van der Waals surface area contributed by atoms with E-state index in [4.69, 9.17) is 14.2 Å². The zero-order valence-electron chi connectivity index (χ0n) is 13.8. The Labute approximate surface area is 137 Å². The summed E-state index contributed by atoms with van der Waals surface area (Å²) in [5, 5.41) is 3.74. The normalized spacial score (nSPS) is 21.6. The van der Waals surface area contributed by atoms with E-state index in [1.165, 1.54) is 37.8 Å². The molecule has 1 aromatic carbocycles. The first-order valence-electron chi connectivity index (χ1n) is 8.74. The van der Waals surface area contributed by atoms with Crippen molar-refractivity contribution in [2.24, 2.45) is 5.92 Å². The molecule has 5 nitrogen and oxygen atoms in total. The van der Waals surface area contributed by atoms with Crippen LogP contribution in [0.3, 0.4) is 0 Å². The predicted molar refractivity (Wildman–Crippen MR) is 88.1 cm³/mol. The van der Waals surface area contributed by atoms with Gasteiger partial charge in [0.2, 0.25) is 12.5 Å². The van der Waals surface area contributed by atoms with Gasteiger partial charge in [-0.05, 0) is 68.9 Å². The predicted octanol–water partition coefficient (Wildman–Crippen LogP) is 2.39. The van der Waals surface area contributed by atoms with Gasteiger partial charge in [0.05, 0.1) is 7.11 Å². The van der Waals surface area contributed by atoms with Gasteiger partial charge in [0.15, 0.2) is 11.5 Å². The number of rotatable bonds is 6. The first-order valence-corrected chi connectivity index (χ1v) is 8.74. The molecule has 2 aliphatic heterocycles. The van der Waals surface area contributed by atoms with Crippen LogP contribution in [0.15, 0.2) is 12.1 Å². The van der Waals surface area contributed by atoms with Gasteiger partial charge in [0.25, 0.3) is 0 Å². The summed E-state index contributed by atoms with van der Waals surface area (Å²) < 4.78 is 16.4. The fraction of sp³-hybridized carbons (Fsp3) is 0.667. The van der Waals surface area contributed by atoms with Gasteiger partial charge in [-0.2, -0.15) is 0 Å². The van der Waals surface area contributed by atoms with E-state index < -0.39 is 0 Å². The monoisotopic (exact) mass is 318 g/mol. The second-order valence-electron chi connectivity index (χ2n) is 6.93. The van der Waals surface area contributed by atoms with Crippen molar-refractivity contribution in [3.63, 3.8) is 0 Å². The van der Waals surface area contributed by atoms with E-state index in [1.54, 1.807) is 7.11 Å². The van der Waals surface area contributed by atoms with Crippen LogP contribution in [0.1, 0.15) is 31.2 Å². The highest BCUT2D eigenvalue weighted by Gasteiger charge is 2.25. The van der Waals surface area contributed by atoms with Gasteiger partial charge in [-0.1, -0.05) is 0 Å². The lowest BCUT2D eigenvalue weighted by Crippen LogP contribution is -2.42. The van der Waals surface area contributed by atoms with Crippen LogP contribution in [-0.4, -0.2) is 44.5 Å². The highest BCUT2D eigenvalue weighted by atomic mass is 16.7. The summed E-state index contributed by atoms with van der Waals surface area (Å²) in [4.78, 5) is 2.52. The summed E-state index contributed by atoms with van der Waals surface area (Å²) in [6.07, 6.45) is 5.35. The van der Waals surface area contributed by atoms with E-state index in [0.717, 1.165) is 42.8 Å². The zero-order valence-corrected chi connectivity index (χ0v) is 13.8. The minimum atomic E-state index is 0.285. The molecule has 23 heavy (non-hydrogen) atoms. The number of nitrogens with one attached hydrogen (secondary N) is 1. The lowest BCUT2D eigenvalue weighted by Gasteiger charge is -2.32. The maximum atomic E-state index is 5.52. The van der Waals surface area contributed by atoms with E-state index in [9.17, 15) is 0 Å². The molecule has 0 spiro atoms. The van der Waals surface area contributed by atoms with Gasteiger partial charge in [0.1, 0.15) is 0 Å². The lowest BCUT2D eigenvalue weighted by molar-refractivity contribution is 0.171. The van der Waals surface area contributed by atoms with Crippen LogP contribution < -0.4 is 19.5 Å². The number of ether oxygens (including phenoxy) is 3. The molecule has 0 atom stereocenters. The van der Waals surface area contributed by atoms with Crippen LogP contribution in [0.4, 0.5) is 0 Å². The number of likely N-dealkylation sites (tertiary alicyclic amines) is 1. The molecule has 2 fully saturated rings. The molecule has 0 aromatic heterocycles. The molecule has 1 N–H and O–H groups in total. The second-order valence-corrected chi connectivity index (χ2v) is 6.93. The topological polar surface area (TPSA) is 43.0 Å². The molecule has 4 rings (SSSR count). The molecule has 1 aromatic rings. The summed E-state index contributed by atoms with van der Waals surface area (Å²) in [7, 11) is 1.68. The Morgan fingerprint density at radius 3 is 2.74 bits per heavy atom. The third-order valence-corrected chi connectivity index (χ3v) is 5.10. The van der Waals surface area contributed by atoms with Crippen LogP contribution in [0.25, 0.3) is 0 Å². The first-order chi connectivity index (χ1) is 11.3. The van der Waals surface area contributed by atoms with Crippen LogP contribution in [-0.2, 0) is 6.54 Å². The number of fused-ring (bicyclic) bond motifs is 1. The van der Waals surface area contributed by atoms with Gasteiger partial charge in [-0.3, -0.25) is 4.90 Å². The largest absolute Gasteiger partial charge is 0.493 e. The molecule has 2 heterocycles. The van der Waals surface area contributed by atoms with Crippen LogP contribution in [0.2, 0.25) is 0 Å². The Morgan fingerprint density at radius 2 is 2.00 bits per heavy atom. The van der Waals surface area contributed by atoms with Crippen molar-refractivity contribution in [1.82, 2.24) is 10.2 Å². The van der Waals surface area contributed by atoms with Crippen molar-refractivity contribution < 1.29 is 14.2 Å². The number of benzene rings is 1. The van der Waals surface area contributed by atoms with Crippen molar-refractivity contribution in [3.05, 3.63) is 17.7 Å². The third kappa shape index (κ3) is 3.56. The van der Waals surface area contributed by atoms with Gasteiger partial charge in [-0.15, -0.1) is 0 Å². The van der Waals surface area contributed by atoms with Crippen molar-refractivity contribution in [3.8, 4) is 17.2 Å². The first kappa shape index (κ1) is 15.1. The van der Waals surface area contributed by atoms with Crippen molar-refractivity contribution in [1.29, 1.82) is 0 Å². The van der Waals surface area contributed by atoms with Crippen LogP contribution >= 0.6 is 0 Å². The van der Waals surface area contributed by atoms with E-state index in [1.807, 2.05) is 0 Å². The van der Waals surface area contributed by atoms with Gasteiger partial charge >= 0.3 is 0 Å². The molecule has 1 aliphatic carbocycles. The summed E-state index contributed by atoms with van der Waals surface area (Å²) in [5.74, 6) is 3.28. The molecule has 126 valence electrons. The molecular formula is C18H26N2O3. The minimum absolute atomic E-state index is 0.285. The fourth-order valence-corrected chi connectivity index (χ4v) is 3.48. The quantitative estimate of drug-likeness (QED) is 0.872. The average molecular weight is 318 g/mol. The van der Waals surface area contributed by atoms with Crippen molar-refractivity contribution in [2.75, 3.05) is 33.5 Å². The molecular weight excluding hydrogens is 292 g/mol. The standard InChI is InChI=1S/C18H26N2O3/c1-21-16-8-14(9-17-18(16)23-12-22-17)11-20-6-4-15(5-7-20)19-10-13-2-3-13/h8-9,13,15,19H,2-7,10-12H2,1H3. The number of hydrogen-bond donors (Lipinski definition) is 1. The molecule has 0 amide bonds. The highest BCUT2D eigenvalue weighted by Crippen LogP contribution is 2.42. The van der Waals surface area contributed by atoms with E-state index >= 15 is 0 Å². The van der Waals surface area contributed by atoms with Crippen LogP contribution in [0, 0.1) is 5.92 Å². The molecule has 0 bridgehead atoms. The Bertz CT molecular complexity index is 551. The molecule has 1 saturated heterocycles. The van der Waals surface area contributed by atoms with Crippen LogP contribution in [0.5, 0.6) is 17.2 Å². The maximum Gasteiger partial charge on any atom is 0.231 e. The van der Waals surface area contributed by atoms with Gasteiger partial charge < -0.3 is 19.5 Å². The van der Waals surface area contributed by atoms with E-state index in [-0.39, 0.29) is 6.79 Å². The van der Waals surface area contributed by atoms with Gasteiger partial charge in [-0.25, -0.2) is 0 Å². The van der Waals surface area contributed by atoms with Gasteiger partial charge in [0, 0.05) is 12.6 Å². The van der Waals surface area contributed by atoms with E-state index in [0.29, 0.717) is 6.04 Å². The zero-order chi connectivity index (χ0) is 15.6. The molecule has 5 heteroatoms. The Morgan fingerprint density at radius 1 is 1.17 bits per heavy atom. The molecule has 0 radical (unpaired) electrons. The SMILES string of the molecule is COc1cc(CN2CCC(NCC3CC3)CC2)cc2c1OCO2. The summed E-state index contributed by atoms with van der Waals surface area (Å²) in [6.45, 7) is 4.76. The minimum Gasteiger partial charge on any atom is -0.493 e. The van der Waals surface area contributed by atoms with Crippen molar-refractivity contribution >= 4 is 0 Å². The molecule has 0 unspecified atom stereocenters. The Hall–Kier alpha value is -1.46. The maximum absolute atomic E-state index is 5.52. The average Bonchev–Trinajstić information content (AvgIpc) is 3.29. The summed E-state index contributed by atoms with van der Waals surface area (Å²) in [5.41, 5.74) is 1.23. The number of hydrogen-bond acceptors (Lipinski definition) is 5. The highest BCUT2D eigenvalue weighted by molar-refractivity contribution is 5.55. The Balaban J connectivity index is 1.32. The number of methoxy groups -OCH3 is 1. The lowest BCUT2D eigenvalue weighted by atomic mass is 10.0. The second kappa shape index (κ2) is 6.57. The third-order valence-electron chi connectivity index (χ3n) is 5.10. The summed E-state index contributed by atoms with van der Waals surface area (Å²) in [6, 6.07) is 4.87. The van der Waals surface area contributed by atoms with Crippen molar-refractivity contribution in [2.45, 2.75) is 38.3 Å².